The van der Waals surface area contributed by atoms with Gasteiger partial charge in [0.15, 0.2) is 0 Å². The molecule has 2 nitrogen and oxygen atoms in total. The second-order valence-electron chi connectivity index (χ2n) is 13.4. The van der Waals surface area contributed by atoms with Crippen molar-refractivity contribution in [2.75, 3.05) is 0 Å². The summed E-state index contributed by atoms with van der Waals surface area (Å²) < 4.78 is 0. The Hall–Kier alpha value is -4.18. The van der Waals surface area contributed by atoms with Crippen LogP contribution in [0.1, 0.15) is 11.1 Å². The fourth-order valence-electron chi connectivity index (χ4n) is 7.67. The average Bonchev–Trinajstić information content (AvgIpc) is 3.87. The zero-order valence-electron chi connectivity index (χ0n) is 29.6. The number of rotatable bonds is 2. The molecule has 0 atom stereocenters. The molecule has 0 aliphatic heterocycles. The van der Waals surface area contributed by atoms with Crippen LogP contribution in [-0.4, -0.2) is 15.4 Å². The number of H-pyrrole nitrogens is 2. The van der Waals surface area contributed by atoms with E-state index in [1.54, 1.807) is 23.3 Å². The van der Waals surface area contributed by atoms with Crippen molar-refractivity contribution < 1.29 is 48.1 Å². The number of nitrogens with one attached hydrogen (secondary N) is 2. The van der Waals surface area contributed by atoms with Gasteiger partial charge in [0.25, 0.3) is 0 Å². The molecule has 2 aromatic heterocycles. The Labute approximate surface area is 332 Å². The molecule has 0 amide bonds. The Morgan fingerprint density at radius 1 is 0.442 bits per heavy atom. The maximum Gasteiger partial charge on any atom is 0.0464 e. The molecule has 0 aliphatic carbocycles. The number of aryl methyl sites for hydroxylation is 2. The van der Waals surface area contributed by atoms with Crippen molar-refractivity contribution in [2.45, 2.75) is 26.9 Å². The van der Waals surface area contributed by atoms with E-state index in [9.17, 15) is 0 Å². The first-order valence-corrected chi connectivity index (χ1v) is 23.4. The monoisotopic (exact) mass is 806 g/mol. The van der Waals surface area contributed by atoms with E-state index in [0.717, 1.165) is 0 Å². The van der Waals surface area contributed by atoms with E-state index in [0.29, 0.717) is 0 Å². The van der Waals surface area contributed by atoms with E-state index >= 15 is 0 Å². The van der Waals surface area contributed by atoms with Gasteiger partial charge in [-0.25, -0.2) is 0 Å². The van der Waals surface area contributed by atoms with Crippen LogP contribution in [0.2, 0.25) is 13.1 Å². The smallest absolute Gasteiger partial charge is 0.0464 e. The van der Waals surface area contributed by atoms with Crippen LogP contribution in [0.4, 0.5) is 0 Å². The van der Waals surface area contributed by atoms with Gasteiger partial charge in [-0.1, -0.05) is 97.8 Å². The molecule has 0 spiro atoms. The predicted octanol–water partition coefficient (Wildman–Crippen LogP) is 7.13. The van der Waals surface area contributed by atoms with Gasteiger partial charge in [0.1, 0.15) is 0 Å². The summed E-state index contributed by atoms with van der Waals surface area (Å²) in [6.07, 6.45) is 0. The minimum absolute atomic E-state index is 0. The summed E-state index contributed by atoms with van der Waals surface area (Å²) in [6.45, 7) is 9.04. The summed E-state index contributed by atoms with van der Waals surface area (Å²) in [5.41, 5.74) is 13.0. The Kier molecular flexibility index (Phi) is 11.4. The molecule has 10 rings (SSSR count). The van der Waals surface area contributed by atoms with Gasteiger partial charge in [0.2, 0.25) is 0 Å². The van der Waals surface area contributed by atoms with Crippen LogP contribution in [0.3, 0.4) is 0 Å². The molecule has 0 saturated carbocycles. The molecule has 0 saturated heterocycles. The molecule has 0 fully saturated rings. The van der Waals surface area contributed by atoms with Crippen molar-refractivity contribution in [3.8, 4) is 22.3 Å². The van der Waals surface area contributed by atoms with Crippen LogP contribution in [0.25, 0.3) is 87.4 Å². The maximum atomic E-state index is 3.55. The third-order valence-electron chi connectivity index (χ3n) is 9.59. The predicted molar refractivity (Wildman–Crippen MR) is 216 cm³/mol. The number of aromatic amines is 2. The molecular weight excluding hydrogens is 771 g/mol. The number of hydrogen-bond donors (Lipinski definition) is 2. The first-order chi connectivity index (χ1) is 24.4. The Morgan fingerprint density at radius 3 is 1.17 bits per heavy atom. The number of halogens is 2. The SMILES string of the molecule is C[Si](C)=[Zr+2].Cc1[cH-]c2ccccc2c1-c1cccc2[nH]c3ccccc3c12.Cc1[cH-]c2ccccc2c1-c1cccc2[nH]c3ccccc3c12.[Cl-].[Cl-]. The van der Waals surface area contributed by atoms with Crippen molar-refractivity contribution in [1.29, 1.82) is 0 Å². The number of hydrogen-bond acceptors (Lipinski definition) is 0. The molecule has 52 heavy (non-hydrogen) atoms. The van der Waals surface area contributed by atoms with E-state index in [-0.39, 0.29) is 30.2 Å². The topological polar surface area (TPSA) is 31.6 Å². The van der Waals surface area contributed by atoms with Gasteiger partial charge in [0.05, 0.1) is 0 Å². The molecule has 8 aromatic carbocycles. The van der Waals surface area contributed by atoms with Crippen LogP contribution < -0.4 is 24.8 Å². The molecule has 6 heteroatoms. The van der Waals surface area contributed by atoms with Gasteiger partial charge in [-0.15, -0.1) is 92.3 Å². The molecule has 0 unspecified atom stereocenters. The summed E-state index contributed by atoms with van der Waals surface area (Å²) in [6, 6.07) is 52.1. The van der Waals surface area contributed by atoms with Crippen LogP contribution in [0.15, 0.2) is 146 Å². The number of benzene rings is 6. The number of aromatic nitrogens is 2. The van der Waals surface area contributed by atoms with E-state index in [4.69, 9.17) is 0 Å². The van der Waals surface area contributed by atoms with E-state index in [1.165, 1.54) is 98.5 Å². The second kappa shape index (κ2) is 15.8. The van der Waals surface area contributed by atoms with Gasteiger partial charge < -0.3 is 34.8 Å². The summed E-state index contributed by atoms with van der Waals surface area (Å²) >= 11 is 1.74. The molecule has 10 aromatic rings. The summed E-state index contributed by atoms with van der Waals surface area (Å²) in [4.78, 5) is 7.10. The second-order valence-corrected chi connectivity index (χ2v) is 22.8. The first-order valence-electron chi connectivity index (χ1n) is 17.2. The van der Waals surface area contributed by atoms with Crippen molar-refractivity contribution in [3.63, 3.8) is 0 Å². The number of para-hydroxylation sites is 2. The van der Waals surface area contributed by atoms with Crippen LogP contribution in [-0.2, 0) is 23.3 Å². The summed E-state index contributed by atoms with van der Waals surface area (Å²) in [5.74, 6) is 0. The van der Waals surface area contributed by atoms with Crippen molar-refractivity contribution in [2.24, 2.45) is 0 Å². The van der Waals surface area contributed by atoms with E-state index in [1.807, 2.05) is 0 Å². The van der Waals surface area contributed by atoms with Gasteiger partial charge in [-0.2, -0.15) is 0 Å². The third kappa shape index (κ3) is 6.86. The minimum Gasteiger partial charge on any atom is -1.00 e. The number of fused-ring (bicyclic) bond motifs is 8. The molecular formula is C46H38Cl2N2SiZr-2. The fourth-order valence-corrected chi connectivity index (χ4v) is 7.67. The molecule has 256 valence electrons. The van der Waals surface area contributed by atoms with E-state index < -0.39 is 0 Å². The van der Waals surface area contributed by atoms with Crippen molar-refractivity contribution in [1.82, 2.24) is 9.97 Å². The van der Waals surface area contributed by atoms with Gasteiger partial charge in [-0.3, -0.25) is 0 Å². The Bertz CT molecular complexity index is 2660. The molecule has 0 aliphatic rings. The summed E-state index contributed by atoms with van der Waals surface area (Å²) in [7, 11) is 0. The largest absolute Gasteiger partial charge is 1.00 e. The quantitative estimate of drug-likeness (QED) is 0.138. The van der Waals surface area contributed by atoms with Gasteiger partial charge >= 0.3 is 41.9 Å². The van der Waals surface area contributed by atoms with Crippen molar-refractivity contribution in [3.05, 3.63) is 157 Å². The minimum atomic E-state index is 0. The first kappa shape index (κ1) is 37.6. The third-order valence-corrected chi connectivity index (χ3v) is 9.59. The Balaban J connectivity index is 0.000000157. The molecule has 2 heterocycles. The molecule has 0 radical (unpaired) electrons. The van der Waals surface area contributed by atoms with Crippen LogP contribution in [0, 0.1) is 13.8 Å². The summed E-state index contributed by atoms with van der Waals surface area (Å²) in [5, 5.41) is 10.5. The van der Waals surface area contributed by atoms with E-state index in [2.05, 4.69) is 183 Å². The van der Waals surface area contributed by atoms with Crippen LogP contribution >= 0.6 is 0 Å². The Morgan fingerprint density at radius 2 is 0.769 bits per heavy atom. The standard InChI is InChI=1S/2C22H16N.C2H6Si.2ClH.Zr/c2*1-14-13-15-7-2-3-8-16(15)21(14)18-10-6-12-20-22(18)17-9-4-5-11-19(17)23-20;1-3-2;;;/h2*2-13,23H,1H3;1-2H3;2*1H;/q2*-1;;;;+2/p-2. The average molecular weight is 809 g/mol. The zero-order chi connectivity index (χ0) is 34.4. The fraction of sp³-hybridized carbons (Fsp3) is 0.0870. The molecule has 2 N–H and O–H groups in total. The van der Waals surface area contributed by atoms with Gasteiger partial charge in [-0.05, 0) is 24.3 Å². The molecule has 0 bridgehead atoms. The van der Waals surface area contributed by atoms with Gasteiger partial charge in [0, 0.05) is 43.6 Å². The van der Waals surface area contributed by atoms with Crippen molar-refractivity contribution >= 4 is 70.6 Å². The zero-order valence-corrected chi connectivity index (χ0v) is 34.6. The van der Waals surface area contributed by atoms with Crippen LogP contribution in [0.5, 0.6) is 0 Å². The maximum absolute atomic E-state index is 3.55. The normalized spacial score (nSPS) is 10.9.